The Labute approximate surface area is 122 Å². The van der Waals surface area contributed by atoms with Gasteiger partial charge in [0.1, 0.15) is 6.29 Å². The predicted octanol–water partition coefficient (Wildman–Crippen LogP) is 4.54. The monoisotopic (exact) mass is 283 g/mol. The van der Waals surface area contributed by atoms with Gasteiger partial charge in [0.15, 0.2) is 0 Å². The molecule has 0 aliphatic rings. The van der Waals surface area contributed by atoms with Crippen LogP contribution in [0.4, 0.5) is 0 Å². The van der Waals surface area contributed by atoms with E-state index >= 15 is 0 Å². The van der Waals surface area contributed by atoms with E-state index in [0.717, 1.165) is 28.3 Å². The van der Waals surface area contributed by atoms with Gasteiger partial charge in [0.2, 0.25) is 0 Å². The van der Waals surface area contributed by atoms with E-state index in [1.54, 1.807) is 0 Å². The summed E-state index contributed by atoms with van der Waals surface area (Å²) in [7, 11) is 0. The molecule has 0 amide bonds. The third-order valence-electron chi connectivity index (χ3n) is 3.61. The van der Waals surface area contributed by atoms with Crippen LogP contribution in [0.2, 0.25) is 5.02 Å². The van der Waals surface area contributed by atoms with Gasteiger partial charge in [0, 0.05) is 34.5 Å². The van der Waals surface area contributed by atoms with Gasteiger partial charge >= 0.3 is 0 Å². The molecule has 2 aromatic carbocycles. The molecule has 0 aliphatic heterocycles. The van der Waals surface area contributed by atoms with Gasteiger partial charge < -0.3 is 9.78 Å². The number of aldehydes is 1. The smallest absolute Gasteiger partial charge is 0.120 e. The van der Waals surface area contributed by atoms with Gasteiger partial charge in [-0.1, -0.05) is 48.0 Å². The van der Waals surface area contributed by atoms with E-state index in [9.17, 15) is 4.79 Å². The average Bonchev–Trinajstić information content (AvgIpc) is 2.90. The molecule has 0 spiro atoms. The van der Waals surface area contributed by atoms with E-state index in [1.165, 1.54) is 0 Å². The summed E-state index contributed by atoms with van der Waals surface area (Å²) in [6.45, 7) is 0. The van der Waals surface area contributed by atoms with Gasteiger partial charge in [-0.3, -0.25) is 0 Å². The summed E-state index contributed by atoms with van der Waals surface area (Å²) in [6.07, 6.45) is 3.35. The van der Waals surface area contributed by atoms with Crippen molar-refractivity contribution >= 4 is 28.8 Å². The maximum Gasteiger partial charge on any atom is 0.120 e. The molecular weight excluding hydrogens is 270 g/mol. The van der Waals surface area contributed by atoms with Crippen LogP contribution in [0.15, 0.2) is 54.7 Å². The van der Waals surface area contributed by atoms with Crippen molar-refractivity contribution in [1.82, 2.24) is 4.98 Å². The minimum atomic E-state index is -0.0163. The van der Waals surface area contributed by atoms with Crippen LogP contribution in [0.5, 0.6) is 0 Å². The molecule has 3 heteroatoms. The maximum absolute atomic E-state index is 11.1. The van der Waals surface area contributed by atoms with Gasteiger partial charge in [0.25, 0.3) is 0 Å². The molecule has 1 aromatic heterocycles. The Morgan fingerprint density at radius 2 is 1.80 bits per heavy atom. The number of hydrogen-bond donors (Lipinski definition) is 1. The highest BCUT2D eigenvalue weighted by Crippen LogP contribution is 2.35. The summed E-state index contributed by atoms with van der Waals surface area (Å²) in [5.41, 5.74) is 3.18. The second kappa shape index (κ2) is 5.51. The summed E-state index contributed by atoms with van der Waals surface area (Å²) in [5, 5.41) is 1.84. The number of hydrogen-bond acceptors (Lipinski definition) is 1. The third-order valence-corrected chi connectivity index (χ3v) is 3.95. The Kier molecular flexibility index (Phi) is 3.57. The first-order valence-corrected chi connectivity index (χ1v) is 6.93. The minimum Gasteiger partial charge on any atom is -0.361 e. The number of para-hydroxylation sites is 1. The Morgan fingerprint density at radius 3 is 2.60 bits per heavy atom. The molecule has 0 saturated heterocycles. The lowest BCUT2D eigenvalue weighted by Gasteiger charge is -2.15. The number of fused-ring (bicyclic) bond motifs is 1. The van der Waals surface area contributed by atoms with Gasteiger partial charge in [-0.25, -0.2) is 0 Å². The van der Waals surface area contributed by atoms with Crippen LogP contribution < -0.4 is 0 Å². The minimum absolute atomic E-state index is 0.0163. The zero-order valence-electron chi connectivity index (χ0n) is 10.8. The quantitative estimate of drug-likeness (QED) is 0.701. The van der Waals surface area contributed by atoms with Crippen LogP contribution in [0, 0.1) is 0 Å². The van der Waals surface area contributed by atoms with Crippen molar-refractivity contribution in [3.05, 3.63) is 70.9 Å². The number of aromatic nitrogens is 1. The van der Waals surface area contributed by atoms with E-state index in [0.29, 0.717) is 11.4 Å². The highest BCUT2D eigenvalue weighted by molar-refractivity contribution is 6.31. The Bertz CT molecular complexity index is 747. The molecule has 0 fully saturated rings. The summed E-state index contributed by atoms with van der Waals surface area (Å²) in [4.78, 5) is 14.3. The fourth-order valence-corrected chi connectivity index (χ4v) is 2.93. The van der Waals surface area contributed by atoms with Gasteiger partial charge in [-0.15, -0.1) is 0 Å². The normalized spacial score (nSPS) is 12.4. The van der Waals surface area contributed by atoms with Crippen LogP contribution in [-0.4, -0.2) is 11.3 Å². The van der Waals surface area contributed by atoms with Gasteiger partial charge in [-0.05, 0) is 23.3 Å². The number of nitrogens with one attached hydrogen (secondary N) is 1. The number of benzene rings is 2. The van der Waals surface area contributed by atoms with E-state index < -0.39 is 0 Å². The molecule has 0 bridgehead atoms. The average molecular weight is 284 g/mol. The molecule has 0 saturated carbocycles. The summed E-state index contributed by atoms with van der Waals surface area (Å²) in [6, 6.07) is 15.8. The summed E-state index contributed by atoms with van der Waals surface area (Å²) in [5.74, 6) is -0.0163. The molecule has 100 valence electrons. The molecule has 1 atom stereocenters. The molecule has 3 aromatic rings. The van der Waals surface area contributed by atoms with Crippen molar-refractivity contribution in [3.63, 3.8) is 0 Å². The molecule has 1 heterocycles. The van der Waals surface area contributed by atoms with Crippen LogP contribution in [-0.2, 0) is 4.79 Å². The first-order chi connectivity index (χ1) is 9.81. The lowest BCUT2D eigenvalue weighted by molar-refractivity contribution is -0.108. The van der Waals surface area contributed by atoms with Gasteiger partial charge in [0.05, 0.1) is 0 Å². The van der Waals surface area contributed by atoms with Crippen molar-refractivity contribution in [3.8, 4) is 0 Å². The van der Waals surface area contributed by atoms with Crippen molar-refractivity contribution < 1.29 is 4.79 Å². The van der Waals surface area contributed by atoms with Crippen LogP contribution in [0.3, 0.4) is 0 Å². The lowest BCUT2D eigenvalue weighted by Crippen LogP contribution is -2.02. The second-order valence-corrected chi connectivity index (χ2v) is 5.17. The number of rotatable bonds is 4. The van der Waals surface area contributed by atoms with Gasteiger partial charge in [-0.2, -0.15) is 0 Å². The molecule has 0 unspecified atom stereocenters. The standard InChI is InChI=1S/C17H14ClNO/c18-16-7-3-1-5-13(16)12(9-10-20)15-11-19-17-8-4-2-6-14(15)17/h1-8,10-12,19H,9H2/t12-/m1/s1. The molecule has 0 aliphatic carbocycles. The first-order valence-electron chi connectivity index (χ1n) is 6.55. The number of halogens is 1. The van der Waals surface area contributed by atoms with Crippen LogP contribution in [0.1, 0.15) is 23.5 Å². The third kappa shape index (κ3) is 2.23. The molecule has 3 rings (SSSR count). The Hall–Kier alpha value is -2.06. The fourth-order valence-electron chi connectivity index (χ4n) is 2.66. The summed E-state index contributed by atoms with van der Waals surface area (Å²) >= 11 is 6.30. The summed E-state index contributed by atoms with van der Waals surface area (Å²) < 4.78 is 0. The highest BCUT2D eigenvalue weighted by Gasteiger charge is 2.19. The molecule has 0 radical (unpaired) electrons. The maximum atomic E-state index is 11.1. The van der Waals surface area contributed by atoms with Crippen molar-refractivity contribution in [2.24, 2.45) is 0 Å². The van der Waals surface area contributed by atoms with E-state index in [4.69, 9.17) is 11.6 Å². The van der Waals surface area contributed by atoms with Crippen LogP contribution in [0.25, 0.3) is 10.9 Å². The topological polar surface area (TPSA) is 32.9 Å². The molecular formula is C17H14ClNO. The Morgan fingerprint density at radius 1 is 1.05 bits per heavy atom. The predicted molar refractivity (Wildman–Crippen MR) is 82.3 cm³/mol. The number of H-pyrrole nitrogens is 1. The molecule has 20 heavy (non-hydrogen) atoms. The fraction of sp³-hybridized carbons (Fsp3) is 0.118. The van der Waals surface area contributed by atoms with Crippen molar-refractivity contribution in [2.45, 2.75) is 12.3 Å². The first kappa shape index (κ1) is 12.9. The zero-order chi connectivity index (χ0) is 13.9. The number of aromatic amines is 1. The van der Waals surface area contributed by atoms with E-state index in [-0.39, 0.29) is 5.92 Å². The van der Waals surface area contributed by atoms with E-state index in [1.807, 2.05) is 48.7 Å². The molecule has 2 nitrogen and oxygen atoms in total. The largest absolute Gasteiger partial charge is 0.361 e. The second-order valence-electron chi connectivity index (χ2n) is 4.77. The van der Waals surface area contributed by atoms with Crippen molar-refractivity contribution in [1.29, 1.82) is 0 Å². The van der Waals surface area contributed by atoms with E-state index in [2.05, 4.69) is 11.1 Å². The zero-order valence-corrected chi connectivity index (χ0v) is 11.6. The highest BCUT2D eigenvalue weighted by atomic mass is 35.5. The lowest BCUT2D eigenvalue weighted by atomic mass is 9.89. The number of carbonyl (C=O) groups is 1. The SMILES string of the molecule is O=CC[C@H](c1ccccc1Cl)c1c[nH]c2ccccc12. The Balaban J connectivity index is 2.16. The molecule has 1 N–H and O–H groups in total. The number of carbonyl (C=O) groups excluding carboxylic acids is 1. The van der Waals surface area contributed by atoms with Crippen molar-refractivity contribution in [2.75, 3.05) is 0 Å². The van der Waals surface area contributed by atoms with Crippen LogP contribution >= 0.6 is 11.6 Å².